The molecule has 2 heteroatoms. The molecule has 1 fully saturated rings. The second kappa shape index (κ2) is 3.28. The summed E-state index contributed by atoms with van der Waals surface area (Å²) >= 11 is 0. The lowest BCUT2D eigenvalue weighted by Crippen LogP contribution is -2.11. The van der Waals surface area contributed by atoms with Crippen molar-refractivity contribution in [2.24, 2.45) is 5.92 Å². The summed E-state index contributed by atoms with van der Waals surface area (Å²) in [5, 5.41) is 3.48. The van der Waals surface area contributed by atoms with Crippen molar-refractivity contribution in [3.63, 3.8) is 0 Å². The first-order valence-corrected chi connectivity index (χ1v) is 5.37. The highest BCUT2D eigenvalue weighted by Gasteiger charge is 2.32. The van der Waals surface area contributed by atoms with Crippen molar-refractivity contribution in [2.75, 3.05) is 19.7 Å². The zero-order chi connectivity index (χ0) is 9.38. The van der Waals surface area contributed by atoms with Crippen molar-refractivity contribution in [1.29, 1.82) is 0 Å². The Hall–Kier alpha value is -1.02. The number of hydrogen-bond acceptors (Lipinski definition) is 2. The van der Waals surface area contributed by atoms with E-state index in [0.717, 1.165) is 31.4 Å². The Morgan fingerprint density at radius 3 is 3.14 bits per heavy atom. The summed E-state index contributed by atoms with van der Waals surface area (Å²) in [5.41, 5.74) is 1.40. The van der Waals surface area contributed by atoms with E-state index in [4.69, 9.17) is 4.74 Å². The lowest BCUT2D eigenvalue weighted by Gasteiger charge is -2.15. The van der Waals surface area contributed by atoms with Gasteiger partial charge in [0.05, 0.1) is 6.61 Å². The molecule has 1 aromatic rings. The van der Waals surface area contributed by atoms with Crippen molar-refractivity contribution in [2.45, 2.75) is 12.3 Å². The maximum absolute atomic E-state index is 5.76. The SMILES string of the molecule is c1ccc2c(c1)OCCC1CNC[C@H]21. The van der Waals surface area contributed by atoms with Gasteiger partial charge < -0.3 is 10.1 Å². The second-order valence-electron chi connectivity index (χ2n) is 4.20. The van der Waals surface area contributed by atoms with Crippen LogP contribution in [0.4, 0.5) is 0 Å². The maximum atomic E-state index is 5.76. The van der Waals surface area contributed by atoms with Gasteiger partial charge in [-0.2, -0.15) is 0 Å². The van der Waals surface area contributed by atoms with Gasteiger partial charge in [-0.3, -0.25) is 0 Å². The minimum atomic E-state index is 0.675. The summed E-state index contributed by atoms with van der Waals surface area (Å²) in [6, 6.07) is 8.48. The Labute approximate surface area is 84.3 Å². The van der Waals surface area contributed by atoms with E-state index in [-0.39, 0.29) is 0 Å². The van der Waals surface area contributed by atoms with Crippen molar-refractivity contribution >= 4 is 0 Å². The molecule has 1 unspecified atom stereocenters. The molecule has 0 radical (unpaired) electrons. The van der Waals surface area contributed by atoms with Crippen LogP contribution in [0.1, 0.15) is 17.9 Å². The van der Waals surface area contributed by atoms with Crippen LogP contribution < -0.4 is 10.1 Å². The zero-order valence-corrected chi connectivity index (χ0v) is 8.20. The smallest absolute Gasteiger partial charge is 0.122 e. The van der Waals surface area contributed by atoms with Crippen LogP contribution >= 0.6 is 0 Å². The highest BCUT2D eigenvalue weighted by atomic mass is 16.5. The van der Waals surface area contributed by atoms with E-state index in [9.17, 15) is 0 Å². The Morgan fingerprint density at radius 2 is 2.14 bits per heavy atom. The zero-order valence-electron chi connectivity index (χ0n) is 8.20. The van der Waals surface area contributed by atoms with Gasteiger partial charge in [-0.15, -0.1) is 0 Å². The van der Waals surface area contributed by atoms with Crippen LogP contribution in [-0.4, -0.2) is 19.7 Å². The van der Waals surface area contributed by atoms with Crippen molar-refractivity contribution in [3.8, 4) is 5.75 Å². The van der Waals surface area contributed by atoms with Crippen molar-refractivity contribution in [1.82, 2.24) is 5.32 Å². The highest BCUT2D eigenvalue weighted by molar-refractivity contribution is 5.38. The summed E-state index contributed by atoms with van der Waals surface area (Å²) in [5.74, 6) is 2.55. The molecule has 14 heavy (non-hydrogen) atoms. The maximum Gasteiger partial charge on any atom is 0.122 e. The third-order valence-electron chi connectivity index (χ3n) is 3.40. The van der Waals surface area contributed by atoms with E-state index in [1.165, 1.54) is 12.0 Å². The molecule has 2 atom stereocenters. The summed E-state index contributed by atoms with van der Waals surface area (Å²) in [7, 11) is 0. The topological polar surface area (TPSA) is 21.3 Å². The predicted molar refractivity (Wildman–Crippen MR) is 55.7 cm³/mol. The van der Waals surface area contributed by atoms with E-state index in [1.54, 1.807) is 0 Å². The highest BCUT2D eigenvalue weighted by Crippen LogP contribution is 2.38. The molecule has 3 rings (SSSR count). The molecule has 2 heterocycles. The number of benzene rings is 1. The van der Waals surface area contributed by atoms with Gasteiger partial charge in [0.25, 0.3) is 0 Å². The van der Waals surface area contributed by atoms with E-state index in [2.05, 4.69) is 29.6 Å². The second-order valence-corrected chi connectivity index (χ2v) is 4.20. The van der Waals surface area contributed by atoms with Gasteiger partial charge >= 0.3 is 0 Å². The van der Waals surface area contributed by atoms with Gasteiger partial charge in [0.1, 0.15) is 5.75 Å². The van der Waals surface area contributed by atoms with Gasteiger partial charge in [-0.1, -0.05) is 18.2 Å². The van der Waals surface area contributed by atoms with Crippen LogP contribution in [0.15, 0.2) is 24.3 Å². The number of rotatable bonds is 0. The number of nitrogens with one attached hydrogen (secondary N) is 1. The Bertz CT molecular complexity index is 337. The molecule has 2 nitrogen and oxygen atoms in total. The van der Waals surface area contributed by atoms with E-state index >= 15 is 0 Å². The van der Waals surface area contributed by atoms with Crippen molar-refractivity contribution in [3.05, 3.63) is 29.8 Å². The summed E-state index contributed by atoms with van der Waals surface area (Å²) in [4.78, 5) is 0. The fourth-order valence-corrected chi connectivity index (χ4v) is 2.64. The molecule has 0 amide bonds. The molecule has 2 aliphatic heterocycles. The fourth-order valence-electron chi connectivity index (χ4n) is 2.64. The first-order chi connectivity index (χ1) is 6.95. The average molecular weight is 189 g/mol. The molecule has 74 valence electrons. The minimum Gasteiger partial charge on any atom is -0.493 e. The van der Waals surface area contributed by atoms with E-state index in [0.29, 0.717) is 5.92 Å². The van der Waals surface area contributed by atoms with Gasteiger partial charge in [-0.25, -0.2) is 0 Å². The number of fused-ring (bicyclic) bond motifs is 3. The van der Waals surface area contributed by atoms with Crippen LogP contribution in [0.3, 0.4) is 0 Å². The normalized spacial score (nSPS) is 30.0. The molecule has 0 aromatic heterocycles. The first-order valence-electron chi connectivity index (χ1n) is 5.37. The molecule has 2 aliphatic rings. The quantitative estimate of drug-likeness (QED) is 0.671. The van der Waals surface area contributed by atoms with Gasteiger partial charge in [-0.05, 0) is 30.5 Å². The molecule has 1 aromatic carbocycles. The first kappa shape index (κ1) is 8.30. The van der Waals surface area contributed by atoms with Gasteiger partial charge in [0.15, 0.2) is 0 Å². The molecule has 0 bridgehead atoms. The number of hydrogen-bond donors (Lipinski definition) is 1. The minimum absolute atomic E-state index is 0.675. The third-order valence-corrected chi connectivity index (χ3v) is 3.40. The predicted octanol–water partition coefficient (Wildman–Crippen LogP) is 1.77. The lowest BCUT2D eigenvalue weighted by molar-refractivity contribution is 0.296. The molecule has 0 aliphatic carbocycles. The monoisotopic (exact) mass is 189 g/mol. The average Bonchev–Trinajstić information content (AvgIpc) is 2.61. The summed E-state index contributed by atoms with van der Waals surface area (Å²) in [6.45, 7) is 3.15. The Kier molecular flexibility index (Phi) is 1.95. The van der Waals surface area contributed by atoms with E-state index in [1.807, 2.05) is 0 Å². The largest absolute Gasteiger partial charge is 0.493 e. The molecule has 0 saturated carbocycles. The van der Waals surface area contributed by atoms with Crippen LogP contribution in [0.5, 0.6) is 5.75 Å². The molecule has 0 spiro atoms. The van der Waals surface area contributed by atoms with Crippen LogP contribution in [-0.2, 0) is 0 Å². The molecular formula is C12H15NO. The van der Waals surface area contributed by atoms with Gasteiger partial charge in [0, 0.05) is 12.5 Å². The number of ether oxygens (including phenoxy) is 1. The fraction of sp³-hybridized carbons (Fsp3) is 0.500. The third kappa shape index (κ3) is 1.22. The van der Waals surface area contributed by atoms with E-state index < -0.39 is 0 Å². The van der Waals surface area contributed by atoms with Crippen LogP contribution in [0.25, 0.3) is 0 Å². The molecule has 1 saturated heterocycles. The van der Waals surface area contributed by atoms with Crippen LogP contribution in [0, 0.1) is 5.92 Å². The molecule has 1 N–H and O–H groups in total. The lowest BCUT2D eigenvalue weighted by atomic mass is 9.87. The Balaban J connectivity index is 2.04. The summed E-state index contributed by atoms with van der Waals surface area (Å²) in [6.07, 6.45) is 1.19. The van der Waals surface area contributed by atoms with Crippen molar-refractivity contribution < 1.29 is 4.74 Å². The van der Waals surface area contributed by atoms with Crippen LogP contribution in [0.2, 0.25) is 0 Å². The Morgan fingerprint density at radius 1 is 1.21 bits per heavy atom. The summed E-state index contributed by atoms with van der Waals surface area (Å²) < 4.78 is 5.76. The standard InChI is InChI=1S/C12H15NO/c1-2-4-12-10(3-1)11-8-13-7-9(11)5-6-14-12/h1-4,9,11,13H,5-8H2/t9?,11-/m0/s1. The molecular weight excluding hydrogens is 174 g/mol. The number of para-hydroxylation sites is 1. The van der Waals surface area contributed by atoms with Gasteiger partial charge in [0.2, 0.25) is 0 Å².